The summed E-state index contributed by atoms with van der Waals surface area (Å²) in [4.78, 5) is 31.1. The van der Waals surface area contributed by atoms with Crippen molar-refractivity contribution in [1.29, 1.82) is 0 Å². The number of hydrogen-bond acceptors (Lipinski definition) is 8. The van der Waals surface area contributed by atoms with E-state index in [1.165, 1.54) is 0 Å². The van der Waals surface area contributed by atoms with Crippen LogP contribution < -0.4 is 29.6 Å². The Morgan fingerprint density at radius 2 is 1.83 bits per heavy atom. The number of amides is 1. The second-order valence-electron chi connectivity index (χ2n) is 11.9. The van der Waals surface area contributed by atoms with Gasteiger partial charge in [-0.15, -0.1) is 0 Å². The van der Waals surface area contributed by atoms with Crippen LogP contribution in [0.25, 0.3) is 0 Å². The summed E-state index contributed by atoms with van der Waals surface area (Å²) in [5.41, 5.74) is 9.53. The van der Waals surface area contributed by atoms with Gasteiger partial charge in [-0.25, -0.2) is 0 Å². The largest absolute Gasteiger partial charge is 0.496 e. The molecule has 2 heterocycles. The van der Waals surface area contributed by atoms with Gasteiger partial charge < -0.3 is 34.7 Å². The first kappa shape index (κ1) is 33.1. The standard InChI is InChI=1S/C36H45N3O7/c1-4-5-16-39(27-13-8-10-24(17-27)20-37)33(40)22-38-21-28(26-18-31(44-3)35-32(19-26)45-23-46-35)34(36(41)42)29(38)14-9-12-25-11-6-7-15-30(25)43-2/h6-8,10-11,13,15,17-19,28-29,34H,4-5,9,12,14,16,20-23,37H2,1-3H3,(H,41,42). The Morgan fingerprint density at radius 3 is 2.57 bits per heavy atom. The summed E-state index contributed by atoms with van der Waals surface area (Å²) in [5, 5.41) is 10.7. The molecule has 3 unspecified atom stereocenters. The molecule has 0 radical (unpaired) electrons. The van der Waals surface area contributed by atoms with Gasteiger partial charge in [0, 0.05) is 37.3 Å². The van der Waals surface area contributed by atoms with E-state index in [-0.39, 0.29) is 25.3 Å². The number of ether oxygens (including phenoxy) is 4. The van der Waals surface area contributed by atoms with Crippen LogP contribution in [-0.2, 0) is 22.6 Å². The van der Waals surface area contributed by atoms with Gasteiger partial charge in [-0.05, 0) is 72.7 Å². The fourth-order valence-corrected chi connectivity index (χ4v) is 6.79. The molecule has 10 nitrogen and oxygen atoms in total. The van der Waals surface area contributed by atoms with Gasteiger partial charge in [0.25, 0.3) is 0 Å². The summed E-state index contributed by atoms with van der Waals surface area (Å²) >= 11 is 0. The Balaban J connectivity index is 1.46. The van der Waals surface area contributed by atoms with Crippen LogP contribution in [0.15, 0.2) is 60.7 Å². The number of para-hydroxylation sites is 1. The Kier molecular flexibility index (Phi) is 11.0. The number of benzene rings is 3. The van der Waals surface area contributed by atoms with Crippen LogP contribution in [-0.4, -0.2) is 68.6 Å². The van der Waals surface area contributed by atoms with Crippen LogP contribution >= 0.6 is 0 Å². The number of unbranched alkanes of at least 4 members (excludes halogenated alkanes) is 1. The third kappa shape index (κ3) is 7.24. The van der Waals surface area contributed by atoms with Gasteiger partial charge in [-0.3, -0.25) is 14.5 Å². The fraction of sp³-hybridized carbons (Fsp3) is 0.444. The number of aryl methyl sites for hydroxylation is 1. The fourth-order valence-electron chi connectivity index (χ4n) is 6.79. The molecule has 10 heteroatoms. The lowest BCUT2D eigenvalue weighted by Gasteiger charge is -2.30. The number of carboxylic acid groups (broad SMARTS) is 1. The van der Waals surface area contributed by atoms with E-state index in [0.717, 1.165) is 53.8 Å². The van der Waals surface area contributed by atoms with E-state index >= 15 is 0 Å². The van der Waals surface area contributed by atoms with Gasteiger partial charge in [-0.1, -0.05) is 43.7 Å². The maximum absolute atomic E-state index is 14.1. The predicted octanol–water partition coefficient (Wildman–Crippen LogP) is 5.22. The molecule has 3 aromatic carbocycles. The molecule has 0 aliphatic carbocycles. The Hall–Kier alpha value is -4.28. The average molecular weight is 632 g/mol. The van der Waals surface area contributed by atoms with E-state index in [2.05, 4.69) is 11.8 Å². The van der Waals surface area contributed by atoms with Crippen molar-refractivity contribution >= 4 is 17.6 Å². The first-order chi connectivity index (χ1) is 22.4. The van der Waals surface area contributed by atoms with Crippen molar-refractivity contribution < 1.29 is 33.6 Å². The summed E-state index contributed by atoms with van der Waals surface area (Å²) in [7, 11) is 3.21. The zero-order valence-corrected chi connectivity index (χ0v) is 26.9. The average Bonchev–Trinajstić information content (AvgIpc) is 3.69. The van der Waals surface area contributed by atoms with E-state index in [4.69, 9.17) is 24.7 Å². The number of fused-ring (bicyclic) bond motifs is 1. The minimum Gasteiger partial charge on any atom is -0.496 e. The molecule has 1 amide bonds. The van der Waals surface area contributed by atoms with Gasteiger partial charge in [0.1, 0.15) is 5.75 Å². The summed E-state index contributed by atoms with van der Waals surface area (Å²) in [5.74, 6) is 0.265. The summed E-state index contributed by atoms with van der Waals surface area (Å²) in [6.45, 7) is 3.62. The van der Waals surface area contributed by atoms with E-state index in [1.54, 1.807) is 14.2 Å². The number of carboxylic acids is 1. The topological polar surface area (TPSA) is 124 Å². The van der Waals surface area contributed by atoms with Crippen molar-refractivity contribution in [3.05, 3.63) is 77.4 Å². The highest BCUT2D eigenvalue weighted by molar-refractivity contribution is 5.95. The van der Waals surface area contributed by atoms with Crippen LogP contribution in [0.5, 0.6) is 23.0 Å². The Bertz CT molecular complexity index is 1510. The number of anilines is 1. The highest BCUT2D eigenvalue weighted by atomic mass is 16.7. The number of nitrogens with zero attached hydrogens (tertiary/aromatic N) is 2. The maximum Gasteiger partial charge on any atom is 0.308 e. The quantitative estimate of drug-likeness (QED) is 0.233. The van der Waals surface area contributed by atoms with Gasteiger partial charge in [0.05, 0.1) is 26.7 Å². The van der Waals surface area contributed by atoms with Crippen molar-refractivity contribution in [3.8, 4) is 23.0 Å². The van der Waals surface area contributed by atoms with Crippen LogP contribution in [0.2, 0.25) is 0 Å². The van der Waals surface area contributed by atoms with Gasteiger partial charge in [-0.2, -0.15) is 0 Å². The van der Waals surface area contributed by atoms with Crippen molar-refractivity contribution in [2.75, 3.05) is 45.5 Å². The number of carbonyl (C=O) groups is 2. The SMILES string of the molecule is CCCCN(C(=O)CN1CC(c2cc(OC)c3c(c2)OCO3)C(C(=O)O)C1CCCc1ccccc1OC)c1cccc(CN)c1. The van der Waals surface area contributed by atoms with Gasteiger partial charge >= 0.3 is 5.97 Å². The number of aliphatic carboxylic acids is 1. The zero-order valence-electron chi connectivity index (χ0n) is 26.9. The molecule has 3 aromatic rings. The molecular weight excluding hydrogens is 586 g/mol. The molecule has 2 aliphatic heterocycles. The first-order valence-electron chi connectivity index (χ1n) is 16.0. The summed E-state index contributed by atoms with van der Waals surface area (Å²) < 4.78 is 22.4. The van der Waals surface area contributed by atoms with E-state index < -0.39 is 17.8 Å². The number of nitrogens with two attached hydrogens (primary N) is 1. The Labute approximate surface area is 271 Å². The number of carbonyl (C=O) groups excluding carboxylic acids is 1. The minimum atomic E-state index is -0.891. The van der Waals surface area contributed by atoms with E-state index in [0.29, 0.717) is 43.3 Å². The number of likely N-dealkylation sites (tertiary alicyclic amines) is 1. The normalized spacial score (nSPS) is 18.8. The summed E-state index contributed by atoms with van der Waals surface area (Å²) in [6, 6.07) is 19.0. The molecule has 1 saturated heterocycles. The van der Waals surface area contributed by atoms with E-state index in [9.17, 15) is 14.7 Å². The predicted molar refractivity (Wildman–Crippen MR) is 176 cm³/mol. The zero-order chi connectivity index (χ0) is 32.6. The maximum atomic E-state index is 14.1. The first-order valence-corrected chi connectivity index (χ1v) is 16.0. The Morgan fingerprint density at radius 1 is 1.02 bits per heavy atom. The van der Waals surface area contributed by atoms with Crippen LogP contribution in [0.3, 0.4) is 0 Å². The van der Waals surface area contributed by atoms with Crippen LogP contribution in [0.4, 0.5) is 5.69 Å². The number of rotatable bonds is 15. The second kappa shape index (κ2) is 15.3. The van der Waals surface area contributed by atoms with E-state index in [1.807, 2.05) is 65.6 Å². The van der Waals surface area contributed by atoms with Gasteiger partial charge in [0.15, 0.2) is 11.5 Å². The molecule has 46 heavy (non-hydrogen) atoms. The highest BCUT2D eigenvalue weighted by Gasteiger charge is 2.47. The molecule has 3 atom stereocenters. The molecule has 2 aliphatic rings. The molecule has 5 rings (SSSR count). The van der Waals surface area contributed by atoms with Crippen LogP contribution in [0.1, 0.15) is 55.2 Å². The second-order valence-corrected chi connectivity index (χ2v) is 11.9. The van der Waals surface area contributed by atoms with Crippen molar-refractivity contribution in [1.82, 2.24) is 4.90 Å². The van der Waals surface area contributed by atoms with Crippen molar-refractivity contribution in [2.45, 2.75) is 57.5 Å². The number of methoxy groups -OCH3 is 2. The molecule has 0 aromatic heterocycles. The molecule has 1 fully saturated rings. The van der Waals surface area contributed by atoms with Crippen molar-refractivity contribution in [3.63, 3.8) is 0 Å². The molecular formula is C36H45N3O7. The lowest BCUT2D eigenvalue weighted by molar-refractivity contribution is -0.143. The van der Waals surface area contributed by atoms with Crippen molar-refractivity contribution in [2.24, 2.45) is 11.7 Å². The number of hydrogen-bond donors (Lipinski definition) is 2. The molecule has 246 valence electrons. The molecule has 0 spiro atoms. The molecule has 3 N–H and O–H groups in total. The summed E-state index contributed by atoms with van der Waals surface area (Å²) in [6.07, 6.45) is 3.83. The smallest absolute Gasteiger partial charge is 0.308 e. The molecule has 0 bridgehead atoms. The molecule has 0 saturated carbocycles. The van der Waals surface area contributed by atoms with Crippen LogP contribution in [0, 0.1) is 5.92 Å². The third-order valence-corrected chi connectivity index (χ3v) is 9.11. The lowest BCUT2D eigenvalue weighted by atomic mass is 9.83. The highest BCUT2D eigenvalue weighted by Crippen LogP contribution is 2.47. The monoisotopic (exact) mass is 631 g/mol. The lowest BCUT2D eigenvalue weighted by Crippen LogP contribution is -2.44. The third-order valence-electron chi connectivity index (χ3n) is 9.11. The van der Waals surface area contributed by atoms with Gasteiger partial charge in [0.2, 0.25) is 18.4 Å². The minimum absolute atomic E-state index is 0.0644.